The molecule has 1 N–H and O–H groups in total. The summed E-state index contributed by atoms with van der Waals surface area (Å²) in [6.45, 7) is 4.28. The van der Waals surface area contributed by atoms with E-state index in [1.54, 1.807) is 0 Å². The minimum Gasteiger partial charge on any atom is -0.331 e. The van der Waals surface area contributed by atoms with Crippen molar-refractivity contribution in [1.82, 2.24) is 14.9 Å². The zero-order valence-electron chi connectivity index (χ0n) is 12.2. The van der Waals surface area contributed by atoms with Crippen molar-refractivity contribution < 1.29 is 4.39 Å². The van der Waals surface area contributed by atoms with E-state index in [1.807, 2.05) is 6.07 Å². The molecule has 1 aliphatic rings. The molecule has 1 atom stereocenters. The fourth-order valence-corrected chi connectivity index (χ4v) is 3.61. The van der Waals surface area contributed by atoms with Gasteiger partial charge in [-0.15, -0.1) is 0 Å². The third-order valence-electron chi connectivity index (χ3n) is 4.52. The Morgan fingerprint density at radius 1 is 1.45 bits per heavy atom. The molecule has 0 radical (unpaired) electrons. The van der Waals surface area contributed by atoms with Gasteiger partial charge in [-0.3, -0.25) is 0 Å². The number of fused-ring (bicyclic) bond motifs is 1. The van der Waals surface area contributed by atoms with Crippen LogP contribution in [0.5, 0.6) is 0 Å². The summed E-state index contributed by atoms with van der Waals surface area (Å²) < 4.78 is 15.6. The SMILES string of the molecule is CCCC1(c2nc3cc(F)ccc3n2C)CCCNC1. The number of hydrogen-bond acceptors (Lipinski definition) is 2. The summed E-state index contributed by atoms with van der Waals surface area (Å²) in [6.07, 6.45) is 4.60. The van der Waals surface area contributed by atoms with Crippen molar-refractivity contribution in [2.45, 2.75) is 38.0 Å². The minimum atomic E-state index is -0.214. The lowest BCUT2D eigenvalue weighted by atomic mass is 9.76. The Morgan fingerprint density at radius 2 is 2.30 bits per heavy atom. The Bertz CT molecular complexity index is 606. The Balaban J connectivity index is 2.13. The van der Waals surface area contributed by atoms with E-state index in [0.29, 0.717) is 0 Å². The fraction of sp³-hybridized carbons (Fsp3) is 0.562. The summed E-state index contributed by atoms with van der Waals surface area (Å²) in [6, 6.07) is 4.88. The lowest BCUT2D eigenvalue weighted by molar-refractivity contribution is 0.271. The van der Waals surface area contributed by atoms with Crippen molar-refractivity contribution in [2.24, 2.45) is 7.05 Å². The predicted octanol–water partition coefficient (Wildman–Crippen LogP) is 3.13. The van der Waals surface area contributed by atoms with Crippen LogP contribution in [0.25, 0.3) is 11.0 Å². The Labute approximate surface area is 119 Å². The lowest BCUT2D eigenvalue weighted by Gasteiger charge is -2.37. The van der Waals surface area contributed by atoms with Gasteiger partial charge in [0.1, 0.15) is 11.6 Å². The molecule has 1 fully saturated rings. The predicted molar refractivity (Wildman–Crippen MR) is 79.4 cm³/mol. The molecule has 0 aliphatic carbocycles. The molecule has 1 aromatic carbocycles. The number of aryl methyl sites for hydroxylation is 1. The first-order chi connectivity index (χ1) is 9.66. The molecule has 108 valence electrons. The van der Waals surface area contributed by atoms with Crippen molar-refractivity contribution in [3.63, 3.8) is 0 Å². The molecule has 1 unspecified atom stereocenters. The number of rotatable bonds is 3. The second-order valence-electron chi connectivity index (χ2n) is 5.94. The molecule has 4 heteroatoms. The minimum absolute atomic E-state index is 0.0945. The Morgan fingerprint density at radius 3 is 3.00 bits per heavy atom. The van der Waals surface area contributed by atoms with Crippen LogP contribution in [-0.4, -0.2) is 22.6 Å². The molecule has 20 heavy (non-hydrogen) atoms. The molecule has 1 saturated heterocycles. The van der Waals surface area contributed by atoms with E-state index in [2.05, 4.69) is 23.9 Å². The van der Waals surface area contributed by atoms with Crippen LogP contribution >= 0.6 is 0 Å². The molecule has 0 spiro atoms. The highest BCUT2D eigenvalue weighted by Gasteiger charge is 2.37. The number of nitrogens with zero attached hydrogens (tertiary/aromatic N) is 2. The van der Waals surface area contributed by atoms with Crippen molar-refractivity contribution in [1.29, 1.82) is 0 Å². The number of hydrogen-bond donors (Lipinski definition) is 1. The molecule has 0 saturated carbocycles. The van der Waals surface area contributed by atoms with Gasteiger partial charge in [-0.05, 0) is 37.9 Å². The maximum absolute atomic E-state index is 13.4. The molecule has 2 heterocycles. The maximum atomic E-state index is 13.4. The van der Waals surface area contributed by atoms with Crippen molar-refractivity contribution in [2.75, 3.05) is 13.1 Å². The maximum Gasteiger partial charge on any atom is 0.125 e. The van der Waals surface area contributed by atoms with E-state index in [4.69, 9.17) is 4.98 Å². The number of halogens is 1. The smallest absolute Gasteiger partial charge is 0.125 e. The summed E-state index contributed by atoms with van der Waals surface area (Å²) in [5.74, 6) is 0.889. The Hall–Kier alpha value is -1.42. The molecule has 1 aromatic heterocycles. The molecule has 0 bridgehead atoms. The summed E-state index contributed by atoms with van der Waals surface area (Å²) >= 11 is 0. The van der Waals surface area contributed by atoms with Gasteiger partial charge in [0.2, 0.25) is 0 Å². The van der Waals surface area contributed by atoms with Crippen LogP contribution in [0.2, 0.25) is 0 Å². The first-order valence-corrected chi connectivity index (χ1v) is 7.49. The van der Waals surface area contributed by atoms with Gasteiger partial charge in [0.15, 0.2) is 0 Å². The van der Waals surface area contributed by atoms with Crippen LogP contribution < -0.4 is 5.32 Å². The van der Waals surface area contributed by atoms with E-state index in [0.717, 1.165) is 49.2 Å². The van der Waals surface area contributed by atoms with E-state index in [9.17, 15) is 4.39 Å². The van der Waals surface area contributed by atoms with Crippen LogP contribution in [0, 0.1) is 5.82 Å². The molecule has 2 aromatic rings. The van der Waals surface area contributed by atoms with E-state index in [1.165, 1.54) is 18.6 Å². The van der Waals surface area contributed by atoms with Gasteiger partial charge in [-0.25, -0.2) is 9.37 Å². The van der Waals surface area contributed by atoms with Gasteiger partial charge >= 0.3 is 0 Å². The Kier molecular flexibility index (Phi) is 3.50. The molecular weight excluding hydrogens is 253 g/mol. The highest BCUT2D eigenvalue weighted by molar-refractivity contribution is 5.76. The first kappa shape index (κ1) is 13.6. The van der Waals surface area contributed by atoms with Gasteiger partial charge in [-0.1, -0.05) is 13.3 Å². The molecular formula is C16H22FN3. The largest absolute Gasteiger partial charge is 0.331 e. The molecule has 1 aliphatic heterocycles. The van der Waals surface area contributed by atoms with Crippen LogP contribution in [0.3, 0.4) is 0 Å². The molecule has 3 nitrogen and oxygen atoms in total. The monoisotopic (exact) mass is 275 g/mol. The number of piperidine rings is 1. The van der Waals surface area contributed by atoms with Gasteiger partial charge in [-0.2, -0.15) is 0 Å². The quantitative estimate of drug-likeness (QED) is 0.932. The fourth-order valence-electron chi connectivity index (χ4n) is 3.61. The standard InChI is InChI=1S/C16H22FN3/c1-3-7-16(8-4-9-18-11-16)15-19-13-10-12(17)5-6-14(13)20(15)2/h5-6,10,18H,3-4,7-9,11H2,1-2H3. The van der Waals surface area contributed by atoms with Crippen molar-refractivity contribution in [3.8, 4) is 0 Å². The van der Waals surface area contributed by atoms with Crippen molar-refractivity contribution in [3.05, 3.63) is 29.8 Å². The summed E-state index contributed by atoms with van der Waals surface area (Å²) in [5, 5.41) is 3.51. The number of benzene rings is 1. The van der Waals surface area contributed by atoms with E-state index < -0.39 is 0 Å². The molecule has 0 amide bonds. The average Bonchev–Trinajstić information content (AvgIpc) is 2.77. The average molecular weight is 275 g/mol. The highest BCUT2D eigenvalue weighted by Crippen LogP contribution is 2.36. The van der Waals surface area contributed by atoms with Crippen LogP contribution in [0.1, 0.15) is 38.4 Å². The zero-order valence-corrected chi connectivity index (χ0v) is 12.2. The second-order valence-corrected chi connectivity index (χ2v) is 5.94. The third kappa shape index (κ3) is 2.12. The highest BCUT2D eigenvalue weighted by atomic mass is 19.1. The summed E-state index contributed by atoms with van der Waals surface area (Å²) in [4.78, 5) is 4.77. The van der Waals surface area contributed by atoms with E-state index in [-0.39, 0.29) is 11.2 Å². The summed E-state index contributed by atoms with van der Waals surface area (Å²) in [7, 11) is 2.05. The topological polar surface area (TPSA) is 29.9 Å². The number of imidazole rings is 1. The normalized spacial score (nSPS) is 23.4. The lowest BCUT2D eigenvalue weighted by Crippen LogP contribution is -2.44. The zero-order chi connectivity index (χ0) is 14.2. The number of nitrogens with one attached hydrogen (secondary N) is 1. The third-order valence-corrected chi connectivity index (χ3v) is 4.52. The van der Waals surface area contributed by atoms with Crippen LogP contribution in [0.4, 0.5) is 4.39 Å². The van der Waals surface area contributed by atoms with Gasteiger partial charge in [0, 0.05) is 25.1 Å². The van der Waals surface area contributed by atoms with Crippen LogP contribution in [0.15, 0.2) is 18.2 Å². The van der Waals surface area contributed by atoms with Gasteiger partial charge < -0.3 is 9.88 Å². The van der Waals surface area contributed by atoms with Crippen LogP contribution in [-0.2, 0) is 12.5 Å². The summed E-state index contributed by atoms with van der Waals surface area (Å²) in [5.41, 5.74) is 1.88. The van der Waals surface area contributed by atoms with E-state index >= 15 is 0 Å². The van der Waals surface area contributed by atoms with Gasteiger partial charge in [0.05, 0.1) is 11.0 Å². The van der Waals surface area contributed by atoms with Crippen molar-refractivity contribution >= 4 is 11.0 Å². The number of aromatic nitrogens is 2. The van der Waals surface area contributed by atoms with Gasteiger partial charge in [0.25, 0.3) is 0 Å². The second kappa shape index (κ2) is 5.17. The first-order valence-electron chi connectivity index (χ1n) is 7.49. The molecule has 3 rings (SSSR count).